The molecule has 0 radical (unpaired) electrons. The topological polar surface area (TPSA) is 52.1 Å². The summed E-state index contributed by atoms with van der Waals surface area (Å²) in [5.41, 5.74) is 0.929. The van der Waals surface area contributed by atoms with Crippen molar-refractivity contribution in [1.82, 2.24) is 9.97 Å². The number of nitrogens with zero attached hydrogens (tertiary/aromatic N) is 2. The van der Waals surface area contributed by atoms with Gasteiger partial charge in [0, 0.05) is 11.4 Å². The van der Waals surface area contributed by atoms with Crippen molar-refractivity contribution in [3.63, 3.8) is 0 Å². The van der Waals surface area contributed by atoms with Crippen LogP contribution < -0.4 is 0 Å². The van der Waals surface area contributed by atoms with E-state index < -0.39 is 0 Å². The largest absolute Gasteiger partial charge is 0.469 e. The number of esters is 1. The molecule has 0 aromatic carbocycles. The zero-order chi connectivity index (χ0) is 11.3. The van der Waals surface area contributed by atoms with Crippen LogP contribution in [-0.2, 0) is 9.53 Å². The number of hydrogen-bond acceptors (Lipinski definition) is 5. The quantitative estimate of drug-likeness (QED) is 0.444. The second-order valence-electron chi connectivity index (χ2n) is 3.23. The van der Waals surface area contributed by atoms with Crippen LogP contribution in [0.15, 0.2) is 17.4 Å². The van der Waals surface area contributed by atoms with Crippen molar-refractivity contribution in [3.05, 3.63) is 18.1 Å². The number of methoxy groups -OCH3 is 1. The number of carbonyl (C=O) groups excluding carboxylic acids is 1. The van der Waals surface area contributed by atoms with Crippen molar-refractivity contribution in [2.75, 3.05) is 12.9 Å². The van der Waals surface area contributed by atoms with E-state index in [0.717, 1.165) is 10.7 Å². The normalized spacial score (nSPS) is 12.2. The zero-order valence-corrected chi connectivity index (χ0v) is 9.87. The van der Waals surface area contributed by atoms with Crippen LogP contribution in [0.2, 0.25) is 0 Å². The first kappa shape index (κ1) is 12.0. The molecule has 0 amide bonds. The molecule has 82 valence electrons. The van der Waals surface area contributed by atoms with E-state index in [1.807, 2.05) is 19.9 Å². The van der Waals surface area contributed by atoms with Gasteiger partial charge in [0.25, 0.3) is 0 Å². The molecule has 0 saturated carbocycles. The highest BCUT2D eigenvalue weighted by atomic mass is 32.2. The molecule has 0 bridgehead atoms. The molecule has 0 N–H and O–H groups in total. The maximum Gasteiger partial charge on any atom is 0.309 e. The number of aryl methyl sites for hydroxylation is 1. The number of carbonyl (C=O) groups is 1. The van der Waals surface area contributed by atoms with Gasteiger partial charge in [0.15, 0.2) is 0 Å². The number of hydrogen-bond donors (Lipinski definition) is 0. The van der Waals surface area contributed by atoms with Crippen molar-refractivity contribution in [1.29, 1.82) is 0 Å². The van der Waals surface area contributed by atoms with E-state index in [1.54, 1.807) is 0 Å². The Morgan fingerprint density at radius 2 is 2.33 bits per heavy atom. The maximum absolute atomic E-state index is 11.1. The van der Waals surface area contributed by atoms with Crippen molar-refractivity contribution in [3.8, 4) is 0 Å². The van der Waals surface area contributed by atoms with Crippen molar-refractivity contribution < 1.29 is 9.53 Å². The Kier molecular flexibility index (Phi) is 4.55. The Hall–Kier alpha value is -1.10. The third kappa shape index (κ3) is 3.87. The number of aromatic nitrogens is 2. The maximum atomic E-state index is 11.1. The van der Waals surface area contributed by atoms with Crippen molar-refractivity contribution in [2.45, 2.75) is 18.9 Å². The van der Waals surface area contributed by atoms with Gasteiger partial charge in [-0.1, -0.05) is 6.92 Å². The fourth-order valence-corrected chi connectivity index (χ4v) is 1.92. The van der Waals surface area contributed by atoms with E-state index in [4.69, 9.17) is 0 Å². The molecule has 0 spiro atoms. The first-order valence-electron chi connectivity index (χ1n) is 4.62. The minimum Gasteiger partial charge on any atom is -0.469 e. The summed E-state index contributed by atoms with van der Waals surface area (Å²) in [5.74, 6) is 0.367. The van der Waals surface area contributed by atoms with E-state index >= 15 is 0 Å². The second-order valence-corrected chi connectivity index (χ2v) is 4.27. The summed E-state index contributed by atoms with van der Waals surface area (Å²) in [5, 5.41) is 0.887. The highest BCUT2D eigenvalue weighted by Gasteiger charge is 2.13. The van der Waals surface area contributed by atoms with Gasteiger partial charge in [-0.2, -0.15) is 0 Å². The van der Waals surface area contributed by atoms with Crippen LogP contribution in [-0.4, -0.2) is 28.8 Å². The summed E-state index contributed by atoms with van der Waals surface area (Å²) in [7, 11) is 1.40. The number of rotatable bonds is 4. The van der Waals surface area contributed by atoms with Crippen molar-refractivity contribution >= 4 is 17.7 Å². The lowest BCUT2D eigenvalue weighted by atomic mass is 10.2. The molecule has 0 saturated heterocycles. The molecule has 4 nitrogen and oxygen atoms in total. The van der Waals surface area contributed by atoms with Crippen LogP contribution in [0, 0.1) is 12.8 Å². The highest BCUT2D eigenvalue weighted by molar-refractivity contribution is 7.99. The molecular formula is C10H14N2O2S. The average molecular weight is 226 g/mol. The lowest BCUT2D eigenvalue weighted by Crippen LogP contribution is -2.14. The first-order chi connectivity index (χ1) is 7.13. The molecule has 1 aromatic rings. The lowest BCUT2D eigenvalue weighted by molar-refractivity contribution is -0.143. The molecule has 1 rings (SSSR count). The minimum atomic E-state index is -0.187. The molecule has 0 aliphatic rings. The Morgan fingerprint density at radius 3 is 2.93 bits per heavy atom. The van der Waals surface area contributed by atoms with Gasteiger partial charge in [-0.3, -0.25) is 4.79 Å². The highest BCUT2D eigenvalue weighted by Crippen LogP contribution is 2.18. The molecule has 15 heavy (non-hydrogen) atoms. The second kappa shape index (κ2) is 5.70. The Morgan fingerprint density at radius 1 is 1.60 bits per heavy atom. The van der Waals surface area contributed by atoms with Gasteiger partial charge in [0.1, 0.15) is 6.33 Å². The number of thioether (sulfide) groups is 1. The standard InChI is InChI=1S/C10H14N2O2S/c1-7(10(13)14-3)5-15-9-4-8(2)11-6-12-9/h4,6-7H,5H2,1-3H3. The SMILES string of the molecule is COC(=O)C(C)CSc1cc(C)ncn1. The van der Waals surface area contributed by atoms with Crippen LogP contribution in [0.4, 0.5) is 0 Å². The Bertz CT molecular complexity index is 344. The smallest absolute Gasteiger partial charge is 0.309 e. The summed E-state index contributed by atoms with van der Waals surface area (Å²) in [6, 6.07) is 1.90. The van der Waals surface area contributed by atoms with E-state index in [9.17, 15) is 4.79 Å². The van der Waals surface area contributed by atoms with E-state index in [0.29, 0.717) is 5.75 Å². The Labute approximate surface area is 93.5 Å². The average Bonchev–Trinajstić information content (AvgIpc) is 2.25. The molecule has 5 heteroatoms. The van der Waals surface area contributed by atoms with E-state index in [2.05, 4.69) is 14.7 Å². The predicted molar refractivity (Wildman–Crippen MR) is 58.7 cm³/mol. The molecule has 0 aliphatic carbocycles. The molecule has 1 unspecified atom stereocenters. The molecule has 1 heterocycles. The zero-order valence-electron chi connectivity index (χ0n) is 9.06. The van der Waals surface area contributed by atoms with Gasteiger partial charge in [-0.05, 0) is 13.0 Å². The summed E-state index contributed by atoms with van der Waals surface area (Å²) >= 11 is 1.53. The van der Waals surface area contributed by atoms with Crippen LogP contribution >= 0.6 is 11.8 Å². The van der Waals surface area contributed by atoms with Crippen LogP contribution in [0.5, 0.6) is 0 Å². The molecule has 0 aliphatic heterocycles. The molecular weight excluding hydrogens is 212 g/mol. The van der Waals surface area contributed by atoms with Crippen molar-refractivity contribution in [2.24, 2.45) is 5.92 Å². The predicted octanol–water partition coefficient (Wildman–Crippen LogP) is 1.69. The third-order valence-electron chi connectivity index (χ3n) is 1.86. The first-order valence-corrected chi connectivity index (χ1v) is 5.61. The Balaban J connectivity index is 2.47. The third-order valence-corrected chi connectivity index (χ3v) is 3.05. The van der Waals surface area contributed by atoms with E-state index in [-0.39, 0.29) is 11.9 Å². The van der Waals surface area contributed by atoms with Crippen LogP contribution in [0.1, 0.15) is 12.6 Å². The van der Waals surface area contributed by atoms with Gasteiger partial charge in [0.05, 0.1) is 18.1 Å². The summed E-state index contributed by atoms with van der Waals surface area (Å²) in [4.78, 5) is 19.2. The molecule has 0 fully saturated rings. The minimum absolute atomic E-state index is 0.115. The molecule has 1 aromatic heterocycles. The summed E-state index contributed by atoms with van der Waals surface area (Å²) in [6.45, 7) is 3.75. The van der Waals surface area contributed by atoms with Gasteiger partial charge in [0.2, 0.25) is 0 Å². The van der Waals surface area contributed by atoms with Crippen LogP contribution in [0.25, 0.3) is 0 Å². The molecule has 1 atom stereocenters. The van der Waals surface area contributed by atoms with Gasteiger partial charge in [-0.15, -0.1) is 11.8 Å². The summed E-state index contributed by atoms with van der Waals surface area (Å²) < 4.78 is 4.64. The fourth-order valence-electron chi connectivity index (χ4n) is 0.989. The lowest BCUT2D eigenvalue weighted by Gasteiger charge is -2.07. The van der Waals surface area contributed by atoms with Crippen LogP contribution in [0.3, 0.4) is 0 Å². The fraction of sp³-hybridized carbons (Fsp3) is 0.500. The number of ether oxygens (including phenoxy) is 1. The summed E-state index contributed by atoms with van der Waals surface area (Å²) in [6.07, 6.45) is 1.53. The monoisotopic (exact) mass is 226 g/mol. The van der Waals surface area contributed by atoms with Gasteiger partial charge in [-0.25, -0.2) is 9.97 Å². The van der Waals surface area contributed by atoms with Gasteiger partial charge < -0.3 is 4.74 Å². The van der Waals surface area contributed by atoms with Gasteiger partial charge >= 0.3 is 5.97 Å². The van der Waals surface area contributed by atoms with E-state index in [1.165, 1.54) is 25.2 Å².